The van der Waals surface area contributed by atoms with Crippen LogP contribution in [0.1, 0.15) is 24.3 Å². The van der Waals surface area contributed by atoms with Crippen molar-refractivity contribution in [2.75, 3.05) is 19.5 Å². The topological polar surface area (TPSA) is 84.9 Å². The van der Waals surface area contributed by atoms with Gasteiger partial charge in [-0.2, -0.15) is 0 Å². The smallest absolute Gasteiger partial charge is 0.303 e. The number of hydrogen-bond donors (Lipinski definition) is 2. The SMILES string of the molecule is COc1cc2c(cc1OC)[C@H](CC(=O)O)CC(=O)N2. The summed E-state index contributed by atoms with van der Waals surface area (Å²) in [6.45, 7) is 0. The van der Waals surface area contributed by atoms with Gasteiger partial charge in [-0.15, -0.1) is 0 Å². The molecule has 1 aliphatic rings. The molecule has 19 heavy (non-hydrogen) atoms. The van der Waals surface area contributed by atoms with Gasteiger partial charge in [-0.1, -0.05) is 0 Å². The number of carbonyl (C=O) groups excluding carboxylic acids is 1. The van der Waals surface area contributed by atoms with Gasteiger partial charge in [-0.05, 0) is 11.6 Å². The molecule has 0 fully saturated rings. The molecule has 0 radical (unpaired) electrons. The van der Waals surface area contributed by atoms with Crippen LogP contribution in [0.3, 0.4) is 0 Å². The molecule has 1 amide bonds. The lowest BCUT2D eigenvalue weighted by Gasteiger charge is -2.25. The predicted octanol–water partition coefficient (Wildman–Crippen LogP) is 1.60. The lowest BCUT2D eigenvalue weighted by Crippen LogP contribution is -2.24. The normalized spacial score (nSPS) is 17.4. The number of methoxy groups -OCH3 is 2. The molecule has 102 valence electrons. The Hall–Kier alpha value is -2.24. The van der Waals surface area contributed by atoms with E-state index in [0.29, 0.717) is 17.2 Å². The number of rotatable bonds is 4. The van der Waals surface area contributed by atoms with Crippen LogP contribution in [0, 0.1) is 0 Å². The number of carboxylic acids is 1. The quantitative estimate of drug-likeness (QED) is 0.863. The highest BCUT2D eigenvalue weighted by molar-refractivity contribution is 5.95. The Morgan fingerprint density at radius 1 is 1.37 bits per heavy atom. The third-order valence-electron chi connectivity index (χ3n) is 3.12. The maximum absolute atomic E-state index is 11.6. The second kappa shape index (κ2) is 5.17. The molecule has 6 heteroatoms. The summed E-state index contributed by atoms with van der Waals surface area (Å²) in [5, 5.41) is 11.6. The van der Waals surface area contributed by atoms with Crippen LogP contribution >= 0.6 is 0 Å². The second-order valence-corrected chi connectivity index (χ2v) is 4.34. The highest BCUT2D eigenvalue weighted by Gasteiger charge is 2.28. The summed E-state index contributed by atoms with van der Waals surface area (Å²) in [7, 11) is 3.02. The minimum atomic E-state index is -0.930. The zero-order chi connectivity index (χ0) is 14.0. The Kier molecular flexibility index (Phi) is 3.59. The predicted molar refractivity (Wildman–Crippen MR) is 67.8 cm³/mol. The van der Waals surface area contributed by atoms with Gasteiger partial charge in [0.15, 0.2) is 11.5 Å². The van der Waals surface area contributed by atoms with E-state index in [4.69, 9.17) is 14.6 Å². The number of hydrogen-bond acceptors (Lipinski definition) is 4. The van der Waals surface area contributed by atoms with Crippen LogP contribution in [-0.2, 0) is 9.59 Å². The number of amides is 1. The first kappa shape index (κ1) is 13.2. The molecule has 0 bridgehead atoms. The zero-order valence-electron chi connectivity index (χ0n) is 10.7. The van der Waals surface area contributed by atoms with E-state index in [9.17, 15) is 9.59 Å². The van der Waals surface area contributed by atoms with E-state index in [2.05, 4.69) is 5.32 Å². The summed E-state index contributed by atoms with van der Waals surface area (Å²) < 4.78 is 10.4. The molecule has 1 heterocycles. The molecule has 2 N–H and O–H groups in total. The van der Waals surface area contributed by atoms with Gasteiger partial charge in [-0.3, -0.25) is 9.59 Å². The molecular formula is C13H15NO5. The van der Waals surface area contributed by atoms with Gasteiger partial charge >= 0.3 is 5.97 Å². The van der Waals surface area contributed by atoms with Gasteiger partial charge in [0.25, 0.3) is 0 Å². The third kappa shape index (κ3) is 2.62. The molecule has 1 aliphatic heterocycles. The average molecular weight is 265 g/mol. The molecule has 1 aromatic rings. The molecule has 0 unspecified atom stereocenters. The molecule has 1 atom stereocenters. The number of carboxylic acid groups (broad SMARTS) is 1. The van der Waals surface area contributed by atoms with E-state index in [0.717, 1.165) is 5.56 Å². The Labute approximate surface area is 110 Å². The molecule has 0 aliphatic carbocycles. The van der Waals surface area contributed by atoms with E-state index < -0.39 is 5.97 Å². The fraction of sp³-hybridized carbons (Fsp3) is 0.385. The third-order valence-corrected chi connectivity index (χ3v) is 3.12. The molecule has 0 spiro atoms. The fourth-order valence-electron chi connectivity index (χ4n) is 2.27. The molecule has 0 saturated carbocycles. The molecule has 0 saturated heterocycles. The van der Waals surface area contributed by atoms with Gasteiger partial charge < -0.3 is 19.9 Å². The number of fused-ring (bicyclic) bond motifs is 1. The Balaban J connectivity index is 2.47. The summed E-state index contributed by atoms with van der Waals surface area (Å²) in [5.74, 6) is -0.447. The van der Waals surface area contributed by atoms with Gasteiger partial charge in [-0.25, -0.2) is 0 Å². The Bertz CT molecular complexity index is 526. The maximum Gasteiger partial charge on any atom is 0.303 e. The van der Waals surface area contributed by atoms with Crippen LogP contribution in [0.5, 0.6) is 11.5 Å². The van der Waals surface area contributed by atoms with Crippen molar-refractivity contribution >= 4 is 17.6 Å². The van der Waals surface area contributed by atoms with Crippen molar-refractivity contribution in [3.63, 3.8) is 0 Å². The molecule has 6 nitrogen and oxygen atoms in total. The minimum Gasteiger partial charge on any atom is -0.493 e. The minimum absolute atomic E-state index is 0.0874. The number of anilines is 1. The number of carbonyl (C=O) groups is 2. The molecule has 2 rings (SSSR count). The van der Waals surface area contributed by atoms with E-state index in [-0.39, 0.29) is 24.7 Å². The largest absolute Gasteiger partial charge is 0.493 e. The first-order valence-electron chi connectivity index (χ1n) is 5.82. The molecular weight excluding hydrogens is 250 g/mol. The summed E-state index contributed by atoms with van der Waals surface area (Å²) >= 11 is 0. The van der Waals surface area contributed by atoms with Crippen molar-refractivity contribution in [1.29, 1.82) is 0 Å². The van der Waals surface area contributed by atoms with Gasteiger partial charge in [0, 0.05) is 24.1 Å². The number of benzene rings is 1. The first-order chi connectivity index (χ1) is 9.05. The fourth-order valence-corrected chi connectivity index (χ4v) is 2.27. The highest BCUT2D eigenvalue weighted by atomic mass is 16.5. The van der Waals surface area contributed by atoms with Crippen molar-refractivity contribution in [3.05, 3.63) is 17.7 Å². The molecule has 1 aromatic carbocycles. The van der Waals surface area contributed by atoms with Crippen molar-refractivity contribution in [3.8, 4) is 11.5 Å². The van der Waals surface area contributed by atoms with E-state index in [1.165, 1.54) is 14.2 Å². The number of nitrogens with one attached hydrogen (secondary N) is 1. The van der Waals surface area contributed by atoms with Crippen LogP contribution in [0.2, 0.25) is 0 Å². The van der Waals surface area contributed by atoms with Crippen LogP contribution in [-0.4, -0.2) is 31.2 Å². The highest BCUT2D eigenvalue weighted by Crippen LogP contribution is 2.41. The zero-order valence-corrected chi connectivity index (χ0v) is 10.7. The lowest BCUT2D eigenvalue weighted by atomic mass is 9.87. The standard InChI is InChI=1S/C13H15NO5/c1-18-10-5-8-7(4-13(16)17)3-12(15)14-9(8)6-11(10)19-2/h5-7H,3-4H2,1-2H3,(H,14,15)(H,16,17)/t7-/m0/s1. The van der Waals surface area contributed by atoms with Gasteiger partial charge in [0.05, 0.1) is 20.6 Å². The van der Waals surface area contributed by atoms with Crippen LogP contribution < -0.4 is 14.8 Å². The van der Waals surface area contributed by atoms with Crippen molar-refractivity contribution in [2.24, 2.45) is 0 Å². The maximum atomic E-state index is 11.6. The monoisotopic (exact) mass is 265 g/mol. The van der Waals surface area contributed by atoms with E-state index >= 15 is 0 Å². The summed E-state index contributed by atoms with van der Waals surface area (Å²) in [4.78, 5) is 22.5. The Morgan fingerprint density at radius 3 is 2.58 bits per heavy atom. The summed E-state index contributed by atoms with van der Waals surface area (Å²) in [5.41, 5.74) is 1.35. The average Bonchev–Trinajstić information content (AvgIpc) is 2.36. The lowest BCUT2D eigenvalue weighted by molar-refractivity contribution is -0.137. The van der Waals surface area contributed by atoms with E-state index in [1.807, 2.05) is 0 Å². The van der Waals surface area contributed by atoms with Crippen molar-refractivity contribution in [2.45, 2.75) is 18.8 Å². The first-order valence-corrected chi connectivity index (χ1v) is 5.82. The van der Waals surface area contributed by atoms with Crippen LogP contribution in [0.15, 0.2) is 12.1 Å². The van der Waals surface area contributed by atoms with Gasteiger partial charge in [0.1, 0.15) is 0 Å². The number of aliphatic carboxylic acids is 1. The van der Waals surface area contributed by atoms with Crippen LogP contribution in [0.4, 0.5) is 5.69 Å². The van der Waals surface area contributed by atoms with Crippen molar-refractivity contribution in [1.82, 2.24) is 0 Å². The van der Waals surface area contributed by atoms with Crippen molar-refractivity contribution < 1.29 is 24.2 Å². The van der Waals surface area contributed by atoms with Gasteiger partial charge in [0.2, 0.25) is 5.91 Å². The second-order valence-electron chi connectivity index (χ2n) is 4.34. The van der Waals surface area contributed by atoms with E-state index in [1.54, 1.807) is 12.1 Å². The molecule has 0 aromatic heterocycles. The summed E-state index contributed by atoms with van der Waals surface area (Å²) in [6.07, 6.45) is 0.0741. The Morgan fingerprint density at radius 2 is 2.00 bits per heavy atom. The number of ether oxygens (including phenoxy) is 2. The van der Waals surface area contributed by atoms with Crippen LogP contribution in [0.25, 0.3) is 0 Å². The summed E-state index contributed by atoms with van der Waals surface area (Å²) in [6, 6.07) is 3.38.